The Balaban J connectivity index is 0.897. The van der Waals surface area contributed by atoms with Crippen molar-refractivity contribution in [2.24, 2.45) is 52.3 Å². The van der Waals surface area contributed by atoms with Gasteiger partial charge in [-0.2, -0.15) is 0 Å². The van der Waals surface area contributed by atoms with Gasteiger partial charge in [-0.25, -0.2) is 0 Å². The molecule has 1 spiro atoms. The van der Waals surface area contributed by atoms with Crippen molar-refractivity contribution in [1.82, 2.24) is 0 Å². The summed E-state index contributed by atoms with van der Waals surface area (Å²) in [6.07, 6.45) is -11.0. The summed E-state index contributed by atoms with van der Waals surface area (Å²) in [5.74, 6) is 3.27. The molecule has 0 aromatic heterocycles. The topological polar surface area (TPSA) is 236 Å². The molecule has 0 bridgehead atoms. The first kappa shape index (κ1) is 45.5. The van der Waals surface area contributed by atoms with Crippen LogP contribution in [0.25, 0.3) is 0 Å². The predicted octanol–water partition coefficient (Wildman–Crippen LogP) is 1.32. The average molecular weight is 871 g/mol. The Morgan fingerprint density at radius 1 is 0.590 bits per heavy atom. The third-order valence-electron chi connectivity index (χ3n) is 18.2. The summed E-state index contributed by atoms with van der Waals surface area (Å²) >= 11 is 0. The Morgan fingerprint density at radius 2 is 1.23 bits per heavy atom. The number of ether oxygens (including phenoxy) is 8. The highest BCUT2D eigenvalue weighted by molar-refractivity contribution is 5.15. The maximum Gasteiger partial charge on any atom is 0.187 e. The summed E-state index contributed by atoms with van der Waals surface area (Å²) in [6.45, 7) is 12.9. The lowest BCUT2D eigenvalue weighted by Crippen LogP contribution is -2.66. The van der Waals surface area contributed by atoms with E-state index < -0.39 is 105 Å². The highest BCUT2D eigenvalue weighted by Crippen LogP contribution is 2.71. The van der Waals surface area contributed by atoms with E-state index >= 15 is 0 Å². The van der Waals surface area contributed by atoms with Crippen molar-refractivity contribution >= 4 is 0 Å². The van der Waals surface area contributed by atoms with Crippen molar-refractivity contribution in [2.75, 3.05) is 13.2 Å². The molecular weight excluding hydrogens is 796 g/mol. The monoisotopic (exact) mass is 870 g/mol. The minimum Gasteiger partial charge on any atom is -0.394 e. The van der Waals surface area contributed by atoms with Gasteiger partial charge in [-0.05, 0) is 118 Å². The maximum atomic E-state index is 12.0. The molecule has 16 nitrogen and oxygen atoms in total. The SMILES string of the molecule is CC1CC[C@@]2(OC1)OC1CC3C4CC[C@H]5CC(O[C@@H]6O[C@H](CO)[C@@H](O[C@@H]7O[C@H](C)[C@@H](O)[C@H](O)[C@@H]7O)[C@H](O)[C@H]6O[C@@H]6O[C@@H](C)[C@H](O)[C@@H](O)[C@H]6O)CC[C@]5(C)C4CC[C@]3(C)C1[C@@H]2C. The van der Waals surface area contributed by atoms with Gasteiger partial charge in [0, 0.05) is 12.3 Å². The smallest absolute Gasteiger partial charge is 0.187 e. The van der Waals surface area contributed by atoms with Crippen LogP contribution in [0, 0.1) is 52.3 Å². The molecule has 5 heterocycles. The zero-order valence-electron chi connectivity index (χ0n) is 36.7. The highest BCUT2D eigenvalue weighted by Gasteiger charge is 2.69. The van der Waals surface area contributed by atoms with E-state index in [0.29, 0.717) is 41.4 Å². The van der Waals surface area contributed by atoms with Gasteiger partial charge in [0.05, 0.1) is 37.6 Å². The van der Waals surface area contributed by atoms with Crippen LogP contribution < -0.4 is 0 Å². The van der Waals surface area contributed by atoms with Crippen LogP contribution in [0.1, 0.15) is 106 Å². The molecule has 0 aromatic carbocycles. The number of aliphatic hydroxyl groups is 8. The Kier molecular flexibility index (Phi) is 12.6. The summed E-state index contributed by atoms with van der Waals surface area (Å²) in [4.78, 5) is 0. The van der Waals surface area contributed by atoms with Gasteiger partial charge >= 0.3 is 0 Å². The van der Waals surface area contributed by atoms with Gasteiger partial charge in [-0.1, -0.05) is 27.7 Å². The molecule has 61 heavy (non-hydrogen) atoms. The Morgan fingerprint density at radius 3 is 1.85 bits per heavy atom. The van der Waals surface area contributed by atoms with Crippen molar-refractivity contribution in [3.8, 4) is 0 Å². The average Bonchev–Trinajstić information content (AvgIpc) is 3.69. The highest BCUT2D eigenvalue weighted by atomic mass is 16.8. The molecule has 4 saturated carbocycles. The zero-order chi connectivity index (χ0) is 43.5. The van der Waals surface area contributed by atoms with Gasteiger partial charge in [0.2, 0.25) is 0 Å². The number of hydrogen-bond donors (Lipinski definition) is 8. The van der Waals surface area contributed by atoms with Crippen LogP contribution in [-0.2, 0) is 37.9 Å². The van der Waals surface area contributed by atoms with Gasteiger partial charge in [0.1, 0.15) is 61.0 Å². The van der Waals surface area contributed by atoms with Crippen LogP contribution in [0.5, 0.6) is 0 Å². The van der Waals surface area contributed by atoms with Gasteiger partial charge in [0.15, 0.2) is 24.7 Å². The molecule has 9 fully saturated rings. The second-order valence-corrected chi connectivity index (χ2v) is 21.5. The fourth-order valence-corrected chi connectivity index (χ4v) is 14.6. The molecule has 7 unspecified atom stereocenters. The lowest BCUT2D eigenvalue weighted by atomic mass is 9.44. The molecule has 5 aliphatic heterocycles. The fraction of sp³-hybridized carbons (Fsp3) is 1.00. The van der Waals surface area contributed by atoms with E-state index in [4.69, 9.17) is 37.9 Å². The molecule has 350 valence electrons. The number of rotatable bonds is 7. The van der Waals surface area contributed by atoms with Crippen LogP contribution in [0.4, 0.5) is 0 Å². The summed E-state index contributed by atoms with van der Waals surface area (Å²) in [6, 6.07) is 0. The lowest BCUT2D eigenvalue weighted by molar-refractivity contribution is -0.389. The maximum absolute atomic E-state index is 12.0. The van der Waals surface area contributed by atoms with Crippen LogP contribution >= 0.6 is 0 Å². The summed E-state index contributed by atoms with van der Waals surface area (Å²) < 4.78 is 50.3. The predicted molar refractivity (Wildman–Crippen MR) is 213 cm³/mol. The van der Waals surface area contributed by atoms with Crippen molar-refractivity contribution < 1.29 is 78.7 Å². The molecule has 9 rings (SSSR count). The fourth-order valence-electron chi connectivity index (χ4n) is 14.6. The van der Waals surface area contributed by atoms with E-state index in [1.54, 1.807) is 0 Å². The summed E-state index contributed by atoms with van der Waals surface area (Å²) in [7, 11) is 0. The van der Waals surface area contributed by atoms with E-state index in [2.05, 4.69) is 27.7 Å². The normalized spacial score (nSPS) is 59.7. The van der Waals surface area contributed by atoms with E-state index in [9.17, 15) is 40.9 Å². The molecule has 0 radical (unpaired) electrons. The van der Waals surface area contributed by atoms with Crippen LogP contribution in [-0.4, -0.2) is 164 Å². The summed E-state index contributed by atoms with van der Waals surface area (Å²) in [5, 5.41) is 85.9. The summed E-state index contributed by atoms with van der Waals surface area (Å²) in [5.41, 5.74) is 0.350. The Bertz CT molecular complexity index is 1530. The first-order valence-corrected chi connectivity index (χ1v) is 23.5. The Labute approximate surface area is 359 Å². The van der Waals surface area contributed by atoms with E-state index in [1.165, 1.54) is 26.7 Å². The van der Waals surface area contributed by atoms with Gasteiger partial charge in [0.25, 0.3) is 0 Å². The van der Waals surface area contributed by atoms with Gasteiger partial charge < -0.3 is 78.7 Å². The molecule has 9 aliphatic rings. The van der Waals surface area contributed by atoms with Crippen LogP contribution in [0.2, 0.25) is 0 Å². The number of hydrogen-bond acceptors (Lipinski definition) is 16. The standard InChI is InChI=1S/C45H74O16/c1-19-9-14-45(54-18-19)20(2)30-28(61-45)16-27-25-8-7-23-15-24(10-12-43(23,5)26(25)11-13-44(27,30)6)57-42-39(60-41-36(52)34(50)32(48)22(4)56-41)37(53)38(29(17-46)58-42)59-40-35(51)33(49)31(47)21(3)55-40/h19-42,46-53H,7-18H2,1-6H3/t19?,20-,21+,22-,23-,24?,25?,26?,27?,28?,29+,30?,31+,32-,33-,34+,35-,36+,37-,38+,39+,40-,41-,42+,43-,44-,45+/m0/s1. The van der Waals surface area contributed by atoms with E-state index in [-0.39, 0.29) is 23.0 Å². The second kappa shape index (κ2) is 16.9. The largest absolute Gasteiger partial charge is 0.394 e. The number of fused-ring (bicyclic) bond motifs is 7. The van der Waals surface area contributed by atoms with Gasteiger partial charge in [-0.15, -0.1) is 0 Å². The van der Waals surface area contributed by atoms with Crippen LogP contribution in [0.15, 0.2) is 0 Å². The first-order chi connectivity index (χ1) is 28.9. The van der Waals surface area contributed by atoms with Crippen LogP contribution in [0.3, 0.4) is 0 Å². The lowest BCUT2D eigenvalue weighted by Gasteiger charge is -2.61. The molecule has 0 aromatic rings. The van der Waals surface area contributed by atoms with Gasteiger partial charge in [-0.3, -0.25) is 0 Å². The minimum absolute atomic E-state index is 0.122. The van der Waals surface area contributed by atoms with Crippen molar-refractivity contribution in [2.45, 2.75) is 216 Å². The third-order valence-corrected chi connectivity index (χ3v) is 18.2. The quantitative estimate of drug-likeness (QED) is 0.169. The molecule has 5 saturated heterocycles. The second-order valence-electron chi connectivity index (χ2n) is 21.5. The molecule has 16 heteroatoms. The molecule has 4 aliphatic carbocycles. The molecule has 0 amide bonds. The van der Waals surface area contributed by atoms with Crippen molar-refractivity contribution in [3.63, 3.8) is 0 Å². The molecular formula is C45H74O16. The molecule has 8 N–H and O–H groups in total. The minimum atomic E-state index is -1.70. The number of aliphatic hydroxyl groups excluding tert-OH is 8. The van der Waals surface area contributed by atoms with E-state index in [0.717, 1.165) is 58.0 Å². The third kappa shape index (κ3) is 7.50. The Hall–Kier alpha value is -0.640. The zero-order valence-corrected chi connectivity index (χ0v) is 36.7. The van der Waals surface area contributed by atoms with Crippen molar-refractivity contribution in [1.29, 1.82) is 0 Å². The van der Waals surface area contributed by atoms with E-state index in [1.807, 2.05) is 0 Å². The first-order valence-electron chi connectivity index (χ1n) is 23.5. The molecule has 27 atom stereocenters. The van der Waals surface area contributed by atoms with Crippen molar-refractivity contribution in [3.05, 3.63) is 0 Å².